The summed E-state index contributed by atoms with van der Waals surface area (Å²) >= 11 is 0. The fourth-order valence-electron chi connectivity index (χ4n) is 5.49. The summed E-state index contributed by atoms with van der Waals surface area (Å²) in [7, 11) is -4.25. The number of anilines is 2. The van der Waals surface area contributed by atoms with E-state index in [1.54, 1.807) is 44.2 Å². The lowest BCUT2D eigenvalue weighted by molar-refractivity contribution is 0.0981. The largest absolute Gasteiger partial charge is 0.386 e. The molecule has 0 aliphatic carbocycles. The summed E-state index contributed by atoms with van der Waals surface area (Å²) in [5, 5.41) is 13.3. The van der Waals surface area contributed by atoms with Gasteiger partial charge in [-0.15, -0.1) is 0 Å². The van der Waals surface area contributed by atoms with E-state index < -0.39 is 21.5 Å². The summed E-state index contributed by atoms with van der Waals surface area (Å²) in [4.78, 5) is 25.0. The third kappa shape index (κ3) is 7.01. The van der Waals surface area contributed by atoms with E-state index in [1.807, 2.05) is 6.08 Å². The molecule has 1 fully saturated rings. The zero-order valence-corrected chi connectivity index (χ0v) is 25.5. The second-order valence-electron chi connectivity index (χ2n) is 13.3. The van der Waals surface area contributed by atoms with Gasteiger partial charge in [0.2, 0.25) is 0 Å². The minimum Gasteiger partial charge on any atom is -0.386 e. The normalized spacial score (nSPS) is 23.1. The second kappa shape index (κ2) is 10.8. The Hall–Kier alpha value is -2.98. The lowest BCUT2D eigenvalue weighted by Crippen LogP contribution is -2.41. The van der Waals surface area contributed by atoms with Crippen LogP contribution < -0.4 is 14.9 Å². The first kappa shape index (κ1) is 30.0. The van der Waals surface area contributed by atoms with Crippen molar-refractivity contribution in [2.24, 2.45) is 5.92 Å². The maximum atomic E-state index is 13.5. The number of hydrogen-bond acceptors (Lipinski definition) is 8. The van der Waals surface area contributed by atoms with Crippen molar-refractivity contribution < 1.29 is 18.3 Å². The molecule has 1 saturated heterocycles. The molecule has 40 heavy (non-hydrogen) atoms. The molecule has 3 N–H and O–H groups in total. The first-order chi connectivity index (χ1) is 18.4. The van der Waals surface area contributed by atoms with E-state index in [-0.39, 0.29) is 27.6 Å². The van der Waals surface area contributed by atoms with Gasteiger partial charge in [-0.05, 0) is 83.6 Å². The van der Waals surface area contributed by atoms with Crippen molar-refractivity contribution in [3.8, 4) is 0 Å². The Kier molecular flexibility index (Phi) is 8.08. The molecule has 2 atom stereocenters. The van der Waals surface area contributed by atoms with Gasteiger partial charge in [0.25, 0.3) is 15.9 Å². The van der Waals surface area contributed by atoms with Gasteiger partial charge in [-0.25, -0.2) is 14.7 Å². The molecule has 218 valence electrons. The summed E-state index contributed by atoms with van der Waals surface area (Å²) < 4.78 is 28.8. The van der Waals surface area contributed by atoms with E-state index in [9.17, 15) is 18.3 Å². The molecule has 2 aromatic heterocycles. The summed E-state index contributed by atoms with van der Waals surface area (Å²) in [6.45, 7) is 14.7. The lowest BCUT2D eigenvalue weighted by atomic mass is 9.90. The Labute approximate surface area is 238 Å². The van der Waals surface area contributed by atoms with Crippen LogP contribution in [0.3, 0.4) is 0 Å². The molecule has 0 spiro atoms. The predicted molar refractivity (Wildman–Crippen MR) is 158 cm³/mol. The van der Waals surface area contributed by atoms with Crippen LogP contribution in [0.25, 0.3) is 0 Å². The van der Waals surface area contributed by atoms with Crippen LogP contribution in [0.4, 0.5) is 11.6 Å². The number of carbonyl (C=O) groups excluding carboxylic acids is 1. The molecule has 4 bridgehead atoms. The molecule has 4 heterocycles. The Morgan fingerprint density at radius 2 is 1.82 bits per heavy atom. The molecule has 10 heteroatoms. The Morgan fingerprint density at radius 1 is 1.10 bits per heavy atom. The smallest absolute Gasteiger partial charge is 0.281 e. The molecule has 0 radical (unpaired) electrons. The highest BCUT2D eigenvalue weighted by atomic mass is 32.2. The molecule has 4 rings (SSSR count). The number of hydrogen-bond donors (Lipinski definition) is 3. The van der Waals surface area contributed by atoms with Crippen molar-refractivity contribution in [2.45, 2.75) is 102 Å². The summed E-state index contributed by atoms with van der Waals surface area (Å²) in [5.41, 5.74) is -0.403. The third-order valence-electron chi connectivity index (χ3n) is 7.55. The number of aliphatic hydroxyl groups is 1. The number of rotatable bonds is 3. The summed E-state index contributed by atoms with van der Waals surface area (Å²) in [6.07, 6.45) is 7.01. The van der Waals surface area contributed by atoms with E-state index in [0.717, 1.165) is 25.0 Å². The van der Waals surface area contributed by atoms with Crippen LogP contribution >= 0.6 is 0 Å². The van der Waals surface area contributed by atoms with Gasteiger partial charge in [0, 0.05) is 29.2 Å². The maximum absolute atomic E-state index is 13.5. The average Bonchev–Trinajstić information content (AvgIpc) is 3.14. The van der Waals surface area contributed by atoms with Crippen molar-refractivity contribution in [1.82, 2.24) is 14.7 Å². The fraction of sp³-hybridized carbons (Fsp3) is 0.567. The number of fused-ring (bicyclic) bond motifs is 6. The van der Waals surface area contributed by atoms with Crippen LogP contribution in [0.1, 0.15) is 90.2 Å². The molecule has 0 saturated carbocycles. The number of pyridine rings is 2. The number of carbonyl (C=O) groups is 1. The molecule has 9 nitrogen and oxygen atoms in total. The van der Waals surface area contributed by atoms with E-state index >= 15 is 0 Å². The molecule has 1 amide bonds. The van der Waals surface area contributed by atoms with E-state index in [0.29, 0.717) is 30.5 Å². The number of amides is 1. The highest BCUT2D eigenvalue weighted by molar-refractivity contribution is 7.90. The molecular formula is C30H43N5O4S. The summed E-state index contributed by atoms with van der Waals surface area (Å²) in [5.74, 6) is 0.540. The van der Waals surface area contributed by atoms with Gasteiger partial charge < -0.3 is 15.3 Å². The van der Waals surface area contributed by atoms with E-state index in [2.05, 4.69) is 54.5 Å². The fourth-order valence-corrected chi connectivity index (χ4v) is 6.43. The number of aromatic nitrogens is 2. The maximum Gasteiger partial charge on any atom is 0.281 e. The molecular weight excluding hydrogens is 526 g/mol. The Balaban J connectivity index is 1.79. The Bertz CT molecular complexity index is 1390. The minimum atomic E-state index is -4.25. The first-order valence-electron chi connectivity index (χ1n) is 13.9. The van der Waals surface area contributed by atoms with Crippen LogP contribution in [0, 0.1) is 5.92 Å². The monoisotopic (exact) mass is 569 g/mol. The van der Waals surface area contributed by atoms with E-state index in [1.165, 1.54) is 6.07 Å². The molecule has 1 unspecified atom stereocenters. The third-order valence-corrected chi connectivity index (χ3v) is 8.78. The second-order valence-corrected chi connectivity index (χ2v) is 14.9. The quantitative estimate of drug-likeness (QED) is 0.451. The van der Waals surface area contributed by atoms with Crippen molar-refractivity contribution in [1.29, 1.82) is 0 Å². The van der Waals surface area contributed by atoms with E-state index in [4.69, 9.17) is 4.98 Å². The van der Waals surface area contributed by atoms with Crippen LogP contribution in [0.15, 0.2) is 47.5 Å². The Morgan fingerprint density at radius 3 is 2.50 bits per heavy atom. The van der Waals surface area contributed by atoms with Crippen LogP contribution in [-0.2, 0) is 15.4 Å². The molecule has 2 aliphatic heterocycles. The van der Waals surface area contributed by atoms with Gasteiger partial charge in [-0.2, -0.15) is 8.42 Å². The zero-order chi connectivity index (χ0) is 29.5. The van der Waals surface area contributed by atoms with Gasteiger partial charge in [0.1, 0.15) is 11.6 Å². The minimum absolute atomic E-state index is 0.0289. The molecule has 0 aromatic carbocycles. The van der Waals surface area contributed by atoms with Crippen molar-refractivity contribution in [2.75, 3.05) is 16.8 Å². The average molecular weight is 570 g/mol. The summed E-state index contributed by atoms with van der Waals surface area (Å²) in [6, 6.07) is 8.16. The van der Waals surface area contributed by atoms with Gasteiger partial charge >= 0.3 is 0 Å². The SMILES string of the molecule is CC(C)(O)/C=C/CC1CC[C@@H]2CN(c3nc(C(C)(C)C)ccc3C(=O)NS(=O)(=O)c3cccc(n3)N1)C(C)(C)C2. The van der Waals surface area contributed by atoms with Crippen molar-refractivity contribution >= 4 is 27.6 Å². The lowest BCUT2D eigenvalue weighted by Gasteiger charge is -2.34. The van der Waals surface area contributed by atoms with Gasteiger partial charge in [0.15, 0.2) is 5.03 Å². The van der Waals surface area contributed by atoms with Crippen molar-refractivity contribution in [3.63, 3.8) is 0 Å². The topological polar surface area (TPSA) is 125 Å². The predicted octanol–water partition coefficient (Wildman–Crippen LogP) is 4.79. The van der Waals surface area contributed by atoms with Crippen LogP contribution in [-0.4, -0.2) is 53.1 Å². The van der Waals surface area contributed by atoms with Gasteiger partial charge in [-0.1, -0.05) is 39.0 Å². The standard InChI is InChI=1S/C30H43N5O4S/c1-28(2,3)23-16-15-22-26(32-23)35-19-20(18-29(35,4)5)13-14-21(10-9-17-30(6,7)37)31-24-11-8-12-25(33-24)40(38,39)34-27(22)36/h8-9,11-12,15-17,20-21,37H,10,13-14,18-19H2,1-7H3,(H,31,33)(H,34,36)/b17-9+/t20-,21?/m0/s1. The van der Waals surface area contributed by atoms with Gasteiger partial charge in [0.05, 0.1) is 11.2 Å². The zero-order valence-electron chi connectivity index (χ0n) is 24.7. The highest BCUT2D eigenvalue weighted by Gasteiger charge is 2.41. The van der Waals surface area contributed by atoms with Crippen LogP contribution in [0.5, 0.6) is 0 Å². The number of nitrogens with one attached hydrogen (secondary N) is 2. The number of nitrogens with zero attached hydrogens (tertiary/aromatic N) is 3. The van der Waals surface area contributed by atoms with Crippen molar-refractivity contribution in [3.05, 3.63) is 53.7 Å². The molecule has 2 aliphatic rings. The van der Waals surface area contributed by atoms with Crippen LogP contribution in [0.2, 0.25) is 0 Å². The molecule has 2 aromatic rings. The van der Waals surface area contributed by atoms with Gasteiger partial charge in [-0.3, -0.25) is 4.79 Å². The first-order valence-corrected chi connectivity index (χ1v) is 15.4. The highest BCUT2D eigenvalue weighted by Crippen LogP contribution is 2.40. The number of sulfonamides is 1.